The minimum atomic E-state index is -0.237. The summed E-state index contributed by atoms with van der Waals surface area (Å²) in [6.45, 7) is 7.64. The monoisotopic (exact) mass is 247 g/mol. The van der Waals surface area contributed by atoms with Gasteiger partial charge in [0.15, 0.2) is 0 Å². The van der Waals surface area contributed by atoms with Crippen molar-refractivity contribution in [3.8, 4) is 0 Å². The van der Waals surface area contributed by atoms with Crippen LogP contribution in [-0.4, -0.2) is 43.0 Å². The molecule has 1 aromatic carbocycles. The van der Waals surface area contributed by atoms with Crippen molar-refractivity contribution in [1.82, 2.24) is 4.90 Å². The molecule has 1 unspecified atom stereocenters. The molecule has 0 saturated carbocycles. The number of rotatable bonds is 3. The van der Waals surface area contributed by atoms with Crippen molar-refractivity contribution in [2.45, 2.75) is 19.9 Å². The number of aryl methyl sites for hydroxylation is 1. The van der Waals surface area contributed by atoms with Crippen molar-refractivity contribution in [1.29, 1.82) is 0 Å². The third-order valence-corrected chi connectivity index (χ3v) is 3.67. The molecule has 2 rings (SSSR count). The Morgan fingerprint density at radius 3 is 2.22 bits per heavy atom. The van der Waals surface area contributed by atoms with Crippen molar-refractivity contribution in [2.75, 3.05) is 31.1 Å². The Balaban J connectivity index is 1.94. The summed E-state index contributed by atoms with van der Waals surface area (Å²) in [4.78, 5) is 15.7. The Bertz CT molecular complexity index is 408. The molecule has 1 fully saturated rings. The molecule has 4 heteroatoms. The maximum absolute atomic E-state index is 11.2. The maximum atomic E-state index is 11.2. The second kappa shape index (κ2) is 5.40. The summed E-state index contributed by atoms with van der Waals surface area (Å²) in [6.07, 6.45) is 0. The maximum Gasteiger partial charge on any atom is 0.234 e. The van der Waals surface area contributed by atoms with Gasteiger partial charge in [-0.2, -0.15) is 0 Å². The van der Waals surface area contributed by atoms with Gasteiger partial charge < -0.3 is 10.6 Å². The fraction of sp³-hybridized carbons (Fsp3) is 0.500. The number of carbonyl (C=O) groups is 1. The lowest BCUT2D eigenvalue weighted by atomic mass is 10.1. The predicted octanol–water partition coefficient (Wildman–Crippen LogP) is 0.991. The molecule has 0 spiro atoms. The van der Waals surface area contributed by atoms with Crippen LogP contribution in [0.4, 0.5) is 5.69 Å². The third-order valence-electron chi connectivity index (χ3n) is 3.67. The van der Waals surface area contributed by atoms with E-state index in [4.69, 9.17) is 5.73 Å². The summed E-state index contributed by atoms with van der Waals surface area (Å²) in [5.74, 6) is -0.237. The van der Waals surface area contributed by atoms with Gasteiger partial charge in [0.1, 0.15) is 0 Å². The quantitative estimate of drug-likeness (QED) is 0.866. The van der Waals surface area contributed by atoms with Gasteiger partial charge in [-0.15, -0.1) is 0 Å². The van der Waals surface area contributed by atoms with Gasteiger partial charge >= 0.3 is 0 Å². The van der Waals surface area contributed by atoms with Crippen LogP contribution >= 0.6 is 0 Å². The highest BCUT2D eigenvalue weighted by Gasteiger charge is 2.23. The van der Waals surface area contributed by atoms with Crippen LogP contribution in [0.3, 0.4) is 0 Å². The zero-order valence-electron chi connectivity index (χ0n) is 11.1. The molecular weight excluding hydrogens is 226 g/mol. The summed E-state index contributed by atoms with van der Waals surface area (Å²) < 4.78 is 0. The number of nitrogens with two attached hydrogens (primary N) is 1. The number of nitrogens with zero attached hydrogens (tertiary/aromatic N) is 2. The van der Waals surface area contributed by atoms with Crippen LogP contribution in [0.1, 0.15) is 12.5 Å². The van der Waals surface area contributed by atoms with Gasteiger partial charge in [-0.05, 0) is 26.0 Å². The Morgan fingerprint density at radius 1 is 1.17 bits per heavy atom. The first-order valence-corrected chi connectivity index (χ1v) is 6.43. The molecule has 1 heterocycles. The molecule has 1 aliphatic rings. The van der Waals surface area contributed by atoms with E-state index in [1.807, 2.05) is 6.92 Å². The number of piperazine rings is 1. The van der Waals surface area contributed by atoms with E-state index in [0.29, 0.717) is 0 Å². The molecule has 2 N–H and O–H groups in total. The van der Waals surface area contributed by atoms with Crippen LogP contribution in [0.5, 0.6) is 0 Å². The summed E-state index contributed by atoms with van der Waals surface area (Å²) in [5, 5.41) is 0. The second-order valence-electron chi connectivity index (χ2n) is 4.94. The molecule has 18 heavy (non-hydrogen) atoms. The molecule has 4 nitrogen and oxygen atoms in total. The van der Waals surface area contributed by atoms with Gasteiger partial charge in [0.25, 0.3) is 0 Å². The van der Waals surface area contributed by atoms with E-state index in [-0.39, 0.29) is 11.9 Å². The molecule has 1 aromatic rings. The van der Waals surface area contributed by atoms with E-state index < -0.39 is 0 Å². The minimum absolute atomic E-state index is 0.162. The van der Waals surface area contributed by atoms with Crippen molar-refractivity contribution in [2.24, 2.45) is 5.73 Å². The number of anilines is 1. The molecule has 1 saturated heterocycles. The van der Waals surface area contributed by atoms with E-state index in [2.05, 4.69) is 41.0 Å². The zero-order valence-corrected chi connectivity index (χ0v) is 11.1. The van der Waals surface area contributed by atoms with Crippen molar-refractivity contribution in [3.63, 3.8) is 0 Å². The average molecular weight is 247 g/mol. The Labute approximate surface area is 108 Å². The topological polar surface area (TPSA) is 49.6 Å². The molecule has 1 amide bonds. The number of hydrogen-bond donors (Lipinski definition) is 1. The van der Waals surface area contributed by atoms with E-state index >= 15 is 0 Å². The summed E-state index contributed by atoms with van der Waals surface area (Å²) in [5.41, 5.74) is 7.87. The number of carbonyl (C=O) groups excluding carboxylic acids is 1. The van der Waals surface area contributed by atoms with Crippen LogP contribution in [0.2, 0.25) is 0 Å². The lowest BCUT2D eigenvalue weighted by molar-refractivity contribution is -0.122. The van der Waals surface area contributed by atoms with Gasteiger partial charge in [0.05, 0.1) is 6.04 Å². The molecular formula is C14H21N3O. The van der Waals surface area contributed by atoms with Gasteiger partial charge in [-0.1, -0.05) is 17.7 Å². The molecule has 98 valence electrons. The number of benzene rings is 1. The van der Waals surface area contributed by atoms with Crippen molar-refractivity contribution < 1.29 is 4.79 Å². The van der Waals surface area contributed by atoms with Crippen LogP contribution in [0.25, 0.3) is 0 Å². The zero-order chi connectivity index (χ0) is 13.1. The highest BCUT2D eigenvalue weighted by Crippen LogP contribution is 2.17. The van der Waals surface area contributed by atoms with E-state index in [0.717, 1.165) is 26.2 Å². The third kappa shape index (κ3) is 2.82. The van der Waals surface area contributed by atoms with E-state index in [1.165, 1.54) is 11.3 Å². The highest BCUT2D eigenvalue weighted by atomic mass is 16.1. The van der Waals surface area contributed by atoms with Gasteiger partial charge in [0, 0.05) is 31.9 Å². The summed E-state index contributed by atoms with van der Waals surface area (Å²) in [6, 6.07) is 8.41. The molecule has 0 aromatic heterocycles. The molecule has 1 atom stereocenters. The molecule has 0 radical (unpaired) electrons. The summed E-state index contributed by atoms with van der Waals surface area (Å²) in [7, 11) is 0. The lowest BCUT2D eigenvalue weighted by Crippen LogP contribution is -2.53. The predicted molar refractivity (Wildman–Crippen MR) is 73.6 cm³/mol. The van der Waals surface area contributed by atoms with Crippen molar-refractivity contribution >= 4 is 11.6 Å². The Morgan fingerprint density at radius 2 is 1.72 bits per heavy atom. The largest absolute Gasteiger partial charge is 0.369 e. The Hall–Kier alpha value is -1.55. The summed E-state index contributed by atoms with van der Waals surface area (Å²) >= 11 is 0. The highest BCUT2D eigenvalue weighted by molar-refractivity contribution is 5.79. The minimum Gasteiger partial charge on any atom is -0.369 e. The fourth-order valence-corrected chi connectivity index (χ4v) is 2.30. The lowest BCUT2D eigenvalue weighted by Gasteiger charge is -2.38. The Kier molecular flexibility index (Phi) is 3.87. The average Bonchev–Trinajstić information content (AvgIpc) is 2.39. The second-order valence-corrected chi connectivity index (χ2v) is 4.94. The first-order chi connectivity index (χ1) is 8.58. The number of primary amides is 1. The normalized spacial score (nSPS) is 18.7. The van der Waals surface area contributed by atoms with Crippen LogP contribution in [-0.2, 0) is 4.79 Å². The molecule has 1 aliphatic heterocycles. The SMILES string of the molecule is Cc1ccc(N2CCN(C(C)C(N)=O)CC2)cc1. The number of amides is 1. The van der Waals surface area contributed by atoms with E-state index in [9.17, 15) is 4.79 Å². The first kappa shape index (κ1) is 12.9. The van der Waals surface area contributed by atoms with Crippen LogP contribution in [0, 0.1) is 6.92 Å². The van der Waals surface area contributed by atoms with Crippen LogP contribution in [0.15, 0.2) is 24.3 Å². The van der Waals surface area contributed by atoms with Gasteiger partial charge in [-0.3, -0.25) is 9.69 Å². The standard InChI is InChI=1S/C14H21N3O/c1-11-3-5-13(6-4-11)17-9-7-16(8-10-17)12(2)14(15)18/h3-6,12H,7-10H2,1-2H3,(H2,15,18). The fourth-order valence-electron chi connectivity index (χ4n) is 2.30. The number of hydrogen-bond acceptors (Lipinski definition) is 3. The molecule has 0 bridgehead atoms. The van der Waals surface area contributed by atoms with Gasteiger partial charge in [-0.25, -0.2) is 0 Å². The van der Waals surface area contributed by atoms with Gasteiger partial charge in [0.2, 0.25) is 5.91 Å². The smallest absolute Gasteiger partial charge is 0.234 e. The first-order valence-electron chi connectivity index (χ1n) is 6.43. The van der Waals surface area contributed by atoms with Crippen molar-refractivity contribution in [3.05, 3.63) is 29.8 Å². The van der Waals surface area contributed by atoms with E-state index in [1.54, 1.807) is 0 Å². The molecule has 0 aliphatic carbocycles. The van der Waals surface area contributed by atoms with Crippen LogP contribution < -0.4 is 10.6 Å².